The van der Waals surface area contributed by atoms with Crippen LogP contribution in [0.3, 0.4) is 0 Å². The number of para-hydroxylation sites is 1. The topological polar surface area (TPSA) is 49.4 Å². The van der Waals surface area contributed by atoms with Crippen molar-refractivity contribution in [2.75, 3.05) is 4.90 Å². The van der Waals surface area contributed by atoms with Gasteiger partial charge in [0, 0.05) is 6.92 Å². The lowest BCUT2D eigenvalue weighted by Crippen LogP contribution is -2.55. The highest BCUT2D eigenvalue weighted by molar-refractivity contribution is 8.23. The number of thioether (sulfide) groups is 1. The van der Waals surface area contributed by atoms with Gasteiger partial charge in [0.2, 0.25) is 5.91 Å². The van der Waals surface area contributed by atoms with E-state index in [1.807, 2.05) is 60.7 Å². The van der Waals surface area contributed by atoms with Crippen LogP contribution < -0.4 is 10.2 Å². The molecule has 0 bridgehead atoms. The largest absolute Gasteiger partial charge is 0.343 e. The average molecular weight is 356 g/mol. The van der Waals surface area contributed by atoms with Crippen LogP contribution in [0.4, 0.5) is 5.69 Å². The molecular weight excluding hydrogens is 340 g/mol. The zero-order valence-corrected chi connectivity index (χ0v) is 14.6. The first-order chi connectivity index (χ1) is 11.6. The van der Waals surface area contributed by atoms with Gasteiger partial charge in [-0.25, -0.2) is 0 Å². The molecule has 1 aliphatic heterocycles. The highest BCUT2D eigenvalue weighted by atomic mass is 32.2. The Morgan fingerprint density at radius 2 is 1.67 bits per heavy atom. The van der Waals surface area contributed by atoms with Crippen molar-refractivity contribution in [1.29, 1.82) is 0 Å². The molecule has 4 nitrogen and oxygen atoms in total. The molecule has 2 atom stereocenters. The first-order valence-corrected chi connectivity index (χ1v) is 8.78. The Morgan fingerprint density at radius 1 is 1.08 bits per heavy atom. The molecule has 0 saturated carbocycles. The molecule has 2 aromatic rings. The van der Waals surface area contributed by atoms with Crippen molar-refractivity contribution >= 4 is 45.8 Å². The summed E-state index contributed by atoms with van der Waals surface area (Å²) in [7, 11) is 0. The van der Waals surface area contributed by atoms with E-state index in [9.17, 15) is 9.59 Å². The molecule has 24 heavy (non-hydrogen) atoms. The van der Waals surface area contributed by atoms with Gasteiger partial charge in [-0.05, 0) is 17.7 Å². The van der Waals surface area contributed by atoms with Gasteiger partial charge < -0.3 is 5.32 Å². The maximum Gasteiger partial charge on any atom is 0.256 e. The second-order valence-electron chi connectivity index (χ2n) is 5.40. The third-order valence-corrected chi connectivity index (χ3v) is 5.35. The minimum absolute atomic E-state index is 0.214. The van der Waals surface area contributed by atoms with Crippen molar-refractivity contribution in [3.05, 3.63) is 66.2 Å². The standard InChI is InChI=1S/C18H16N2O2S2/c1-12(21)19-15-16(13-8-4-2-5-9-13)24-18(23)20(17(15)22)14-10-6-3-7-11-14/h2-11,15-16H,1H3,(H,19,21)/t15-,16+/m0/s1. The van der Waals surface area contributed by atoms with E-state index in [0.29, 0.717) is 10.0 Å². The first-order valence-electron chi connectivity index (χ1n) is 7.49. The third-order valence-electron chi connectivity index (χ3n) is 3.70. The molecule has 2 aromatic carbocycles. The van der Waals surface area contributed by atoms with E-state index in [1.165, 1.54) is 23.6 Å². The number of hydrogen-bond donors (Lipinski definition) is 1. The molecule has 2 amide bonds. The Balaban J connectivity index is 1.99. The number of thiocarbonyl (C=S) groups is 1. The quantitative estimate of drug-likeness (QED) is 0.858. The van der Waals surface area contributed by atoms with Gasteiger partial charge in [0.25, 0.3) is 5.91 Å². The Hall–Kier alpha value is -2.18. The lowest BCUT2D eigenvalue weighted by Gasteiger charge is -2.37. The van der Waals surface area contributed by atoms with Crippen LogP contribution in [0, 0.1) is 0 Å². The fraction of sp³-hybridized carbons (Fsp3) is 0.167. The summed E-state index contributed by atoms with van der Waals surface area (Å²) in [5.41, 5.74) is 1.67. The van der Waals surface area contributed by atoms with Crippen LogP contribution in [0.2, 0.25) is 0 Å². The van der Waals surface area contributed by atoms with E-state index in [4.69, 9.17) is 12.2 Å². The van der Waals surface area contributed by atoms with E-state index < -0.39 is 6.04 Å². The molecule has 0 spiro atoms. The van der Waals surface area contributed by atoms with Crippen molar-refractivity contribution in [2.45, 2.75) is 18.2 Å². The summed E-state index contributed by atoms with van der Waals surface area (Å²) in [6, 6.07) is 18.2. The number of nitrogens with zero attached hydrogens (tertiary/aromatic N) is 1. The fourth-order valence-electron chi connectivity index (χ4n) is 2.66. The summed E-state index contributed by atoms with van der Waals surface area (Å²) in [5.74, 6) is -0.454. The molecule has 3 rings (SSSR count). The third kappa shape index (κ3) is 3.34. The van der Waals surface area contributed by atoms with E-state index in [2.05, 4.69) is 5.32 Å². The summed E-state index contributed by atoms with van der Waals surface area (Å²) in [6.07, 6.45) is 0. The second kappa shape index (κ2) is 7.15. The van der Waals surface area contributed by atoms with Crippen LogP contribution in [0.5, 0.6) is 0 Å². The minimum Gasteiger partial charge on any atom is -0.343 e. The average Bonchev–Trinajstić information content (AvgIpc) is 2.59. The number of anilines is 1. The zero-order valence-electron chi connectivity index (χ0n) is 13.0. The van der Waals surface area contributed by atoms with Crippen molar-refractivity contribution in [1.82, 2.24) is 5.32 Å². The molecule has 1 aliphatic rings. The Morgan fingerprint density at radius 3 is 2.25 bits per heavy atom. The van der Waals surface area contributed by atoms with Gasteiger partial charge in [-0.3, -0.25) is 14.5 Å². The molecule has 1 N–H and O–H groups in total. The number of hydrogen-bond acceptors (Lipinski definition) is 4. The normalized spacial score (nSPS) is 20.8. The van der Waals surface area contributed by atoms with Crippen molar-refractivity contribution in [3.63, 3.8) is 0 Å². The number of carbonyl (C=O) groups excluding carboxylic acids is 2. The predicted molar refractivity (Wildman–Crippen MR) is 101 cm³/mol. The molecule has 122 valence electrons. The monoisotopic (exact) mass is 356 g/mol. The molecule has 6 heteroatoms. The molecule has 1 heterocycles. The van der Waals surface area contributed by atoms with Crippen LogP contribution in [0.25, 0.3) is 0 Å². The highest BCUT2D eigenvalue weighted by Gasteiger charge is 2.42. The van der Waals surface area contributed by atoms with Gasteiger partial charge in [-0.15, -0.1) is 0 Å². The SMILES string of the molecule is CC(=O)N[C@@H]1C(=O)N(c2ccccc2)C(=S)S[C@@H]1c1ccccc1. The van der Waals surface area contributed by atoms with Crippen LogP contribution in [0.1, 0.15) is 17.7 Å². The lowest BCUT2D eigenvalue weighted by molar-refractivity contribution is -0.126. The summed E-state index contributed by atoms with van der Waals surface area (Å²) in [4.78, 5) is 26.2. The number of nitrogens with one attached hydrogen (secondary N) is 1. The van der Waals surface area contributed by atoms with E-state index in [0.717, 1.165) is 5.56 Å². The molecule has 0 radical (unpaired) electrons. The number of carbonyl (C=O) groups is 2. The van der Waals surface area contributed by atoms with Crippen molar-refractivity contribution in [3.8, 4) is 0 Å². The maximum atomic E-state index is 13.1. The molecule has 0 aliphatic carbocycles. The van der Waals surface area contributed by atoms with Gasteiger partial charge in [-0.1, -0.05) is 72.5 Å². The van der Waals surface area contributed by atoms with Gasteiger partial charge in [0.15, 0.2) is 0 Å². The van der Waals surface area contributed by atoms with Gasteiger partial charge in [0.05, 0.1) is 10.9 Å². The van der Waals surface area contributed by atoms with Crippen LogP contribution >= 0.6 is 24.0 Å². The number of amides is 2. The maximum absolute atomic E-state index is 13.1. The van der Waals surface area contributed by atoms with E-state index >= 15 is 0 Å². The summed E-state index contributed by atoms with van der Waals surface area (Å²) < 4.78 is 0.488. The zero-order chi connectivity index (χ0) is 17.1. The summed E-state index contributed by atoms with van der Waals surface area (Å²) in [6.45, 7) is 1.42. The highest BCUT2D eigenvalue weighted by Crippen LogP contribution is 2.40. The molecule has 0 aromatic heterocycles. The van der Waals surface area contributed by atoms with E-state index in [1.54, 1.807) is 0 Å². The fourth-order valence-corrected chi connectivity index (χ4v) is 4.30. The Bertz CT molecular complexity index is 765. The van der Waals surface area contributed by atoms with Crippen molar-refractivity contribution in [2.24, 2.45) is 0 Å². The summed E-state index contributed by atoms with van der Waals surface area (Å²) >= 11 is 6.90. The van der Waals surface area contributed by atoms with E-state index in [-0.39, 0.29) is 17.1 Å². The number of benzene rings is 2. The number of rotatable bonds is 3. The van der Waals surface area contributed by atoms with Gasteiger partial charge >= 0.3 is 0 Å². The smallest absolute Gasteiger partial charge is 0.256 e. The summed E-state index contributed by atoms with van der Waals surface area (Å²) in [5, 5.41) is 2.55. The van der Waals surface area contributed by atoms with Crippen LogP contribution in [0.15, 0.2) is 60.7 Å². The second-order valence-corrected chi connectivity index (χ2v) is 7.18. The van der Waals surface area contributed by atoms with Crippen LogP contribution in [-0.2, 0) is 9.59 Å². The minimum atomic E-state index is -0.665. The van der Waals surface area contributed by atoms with Crippen LogP contribution in [-0.4, -0.2) is 22.2 Å². The molecule has 1 fully saturated rings. The van der Waals surface area contributed by atoms with Crippen molar-refractivity contribution < 1.29 is 9.59 Å². The Labute approximate surface area is 150 Å². The Kier molecular flexibility index (Phi) is 4.97. The predicted octanol–water partition coefficient (Wildman–Crippen LogP) is 3.30. The first kappa shape index (κ1) is 16.7. The lowest BCUT2D eigenvalue weighted by atomic mass is 10.0. The van der Waals surface area contributed by atoms with Gasteiger partial charge in [-0.2, -0.15) is 0 Å². The molecule has 0 unspecified atom stereocenters. The molecular formula is C18H16N2O2S2. The molecule has 1 saturated heterocycles. The van der Waals surface area contributed by atoms with Gasteiger partial charge in [0.1, 0.15) is 10.4 Å².